The summed E-state index contributed by atoms with van der Waals surface area (Å²) in [6.45, 7) is 12.7. The van der Waals surface area contributed by atoms with Gasteiger partial charge in [-0.1, -0.05) is 38.1 Å². The van der Waals surface area contributed by atoms with Crippen LogP contribution in [0.15, 0.2) is 43.5 Å². The van der Waals surface area contributed by atoms with Gasteiger partial charge in [0.1, 0.15) is 11.6 Å². The van der Waals surface area contributed by atoms with Crippen LogP contribution in [0.2, 0.25) is 5.28 Å². The Balaban J connectivity index is 1.74. The van der Waals surface area contributed by atoms with Crippen molar-refractivity contribution < 1.29 is 0 Å². The van der Waals surface area contributed by atoms with Gasteiger partial charge in [0.05, 0.1) is 5.56 Å². The second-order valence-electron chi connectivity index (χ2n) is 7.77. The zero-order valence-corrected chi connectivity index (χ0v) is 18.9. The van der Waals surface area contributed by atoms with Gasteiger partial charge < -0.3 is 20.9 Å². The van der Waals surface area contributed by atoms with Gasteiger partial charge in [0.2, 0.25) is 5.28 Å². The van der Waals surface area contributed by atoms with Crippen molar-refractivity contribution in [3.63, 3.8) is 0 Å². The highest BCUT2D eigenvalue weighted by molar-refractivity contribution is 6.28. The minimum atomic E-state index is 0.164. The van der Waals surface area contributed by atoms with Crippen LogP contribution in [0.4, 0.5) is 17.3 Å². The van der Waals surface area contributed by atoms with Crippen LogP contribution in [0.5, 0.6) is 0 Å². The molecule has 1 aliphatic rings. The van der Waals surface area contributed by atoms with Gasteiger partial charge in [-0.25, -0.2) is 0 Å². The molecule has 7 heteroatoms. The second kappa shape index (κ2) is 11.1. The molecule has 1 aliphatic heterocycles. The molecular formula is C24H31ClN6. The monoisotopic (exact) mass is 438 g/mol. The molecule has 0 unspecified atom stereocenters. The average Bonchev–Trinajstić information content (AvgIpc) is 2.72. The third-order valence-corrected chi connectivity index (χ3v) is 5.50. The van der Waals surface area contributed by atoms with Gasteiger partial charge in [-0.3, -0.25) is 0 Å². The summed E-state index contributed by atoms with van der Waals surface area (Å²) in [5.74, 6) is 1.22. The van der Waals surface area contributed by atoms with Gasteiger partial charge in [-0.2, -0.15) is 9.97 Å². The van der Waals surface area contributed by atoms with E-state index < -0.39 is 0 Å². The number of hydrogen-bond donors (Lipinski definition) is 3. The summed E-state index contributed by atoms with van der Waals surface area (Å²) in [5, 5.41) is 15.0. The van der Waals surface area contributed by atoms with Gasteiger partial charge in [0.15, 0.2) is 0 Å². The molecule has 0 aliphatic carbocycles. The van der Waals surface area contributed by atoms with Crippen LogP contribution in [0.3, 0.4) is 0 Å². The number of nitrogens with zero attached hydrogens (tertiary/aromatic N) is 3. The van der Waals surface area contributed by atoms with Gasteiger partial charge in [-0.05, 0) is 60.7 Å². The Bertz CT molecular complexity index is 936. The molecule has 0 saturated carbocycles. The summed E-state index contributed by atoms with van der Waals surface area (Å²) in [4.78, 5) is 10.9. The van der Waals surface area contributed by atoms with E-state index in [4.69, 9.17) is 17.0 Å². The summed E-state index contributed by atoms with van der Waals surface area (Å²) in [7, 11) is 0. The Morgan fingerprint density at radius 1 is 1.35 bits per heavy atom. The van der Waals surface area contributed by atoms with Crippen molar-refractivity contribution >= 4 is 40.7 Å². The lowest BCUT2D eigenvalue weighted by atomic mass is 10.0. The van der Waals surface area contributed by atoms with Crippen LogP contribution in [0.1, 0.15) is 43.7 Å². The highest BCUT2D eigenvalue weighted by atomic mass is 35.5. The van der Waals surface area contributed by atoms with Crippen LogP contribution in [-0.4, -0.2) is 41.9 Å². The SMILES string of the molecule is C=CCCCNC1CN(c2nc(Cl)nc(Nc3cccc(C(=C)CCC)c3)c2C=N)C1. The Hall–Kier alpha value is -2.70. The standard InChI is InChI=1S/C24H31ClN6/c1-4-6-7-12-27-20-15-31(16-20)23-21(14-26)22(29-24(25)30-23)28-19-11-8-10-18(13-19)17(3)9-5-2/h4,8,10-11,13-14,20,26-27H,1,3,5-7,9,12,15-16H2,2H3,(H,28,29,30). The van der Waals surface area contributed by atoms with E-state index in [9.17, 15) is 0 Å². The maximum Gasteiger partial charge on any atom is 0.226 e. The average molecular weight is 439 g/mol. The molecule has 31 heavy (non-hydrogen) atoms. The molecule has 0 amide bonds. The lowest BCUT2D eigenvalue weighted by Crippen LogP contribution is -2.58. The van der Waals surface area contributed by atoms with Crippen LogP contribution in [-0.2, 0) is 0 Å². The Morgan fingerprint density at radius 2 is 2.16 bits per heavy atom. The molecule has 3 rings (SSSR count). The summed E-state index contributed by atoms with van der Waals surface area (Å²) < 4.78 is 0. The summed E-state index contributed by atoms with van der Waals surface area (Å²) in [5.41, 5.74) is 3.71. The zero-order chi connectivity index (χ0) is 22.2. The number of allylic oxidation sites excluding steroid dienone is 2. The minimum Gasteiger partial charge on any atom is -0.353 e. The van der Waals surface area contributed by atoms with Gasteiger partial charge >= 0.3 is 0 Å². The van der Waals surface area contributed by atoms with Crippen LogP contribution < -0.4 is 15.5 Å². The fourth-order valence-electron chi connectivity index (χ4n) is 3.63. The number of aromatic nitrogens is 2. The van der Waals surface area contributed by atoms with Crippen LogP contribution >= 0.6 is 11.6 Å². The molecule has 1 fully saturated rings. The first kappa shape index (κ1) is 23.0. The first-order chi connectivity index (χ1) is 15.0. The van der Waals surface area contributed by atoms with Gasteiger partial charge in [0.25, 0.3) is 0 Å². The molecule has 1 aromatic carbocycles. The third-order valence-electron chi connectivity index (χ3n) is 5.33. The molecule has 0 spiro atoms. The molecule has 6 nitrogen and oxygen atoms in total. The summed E-state index contributed by atoms with van der Waals surface area (Å²) in [6, 6.07) is 8.48. The molecule has 1 aromatic heterocycles. The number of unbranched alkanes of at least 4 members (excludes halogenated alkanes) is 1. The Morgan fingerprint density at radius 3 is 2.87 bits per heavy atom. The van der Waals surface area contributed by atoms with Gasteiger partial charge in [-0.15, -0.1) is 6.58 Å². The molecular weight excluding hydrogens is 408 g/mol. The third kappa shape index (κ3) is 5.93. The predicted molar refractivity (Wildman–Crippen MR) is 132 cm³/mol. The van der Waals surface area contributed by atoms with Gasteiger partial charge in [0, 0.05) is 31.0 Å². The molecule has 2 heterocycles. The molecule has 0 atom stereocenters. The Labute approximate surface area is 190 Å². The van der Waals surface area contributed by atoms with Crippen molar-refractivity contribution in [3.8, 4) is 0 Å². The van der Waals surface area contributed by atoms with E-state index in [1.165, 1.54) is 6.21 Å². The summed E-state index contributed by atoms with van der Waals surface area (Å²) in [6.07, 6.45) is 7.35. The highest BCUT2D eigenvalue weighted by Crippen LogP contribution is 2.30. The molecule has 0 radical (unpaired) electrons. The molecule has 3 N–H and O–H groups in total. The van der Waals surface area contributed by atoms with E-state index in [1.807, 2.05) is 24.3 Å². The fourth-order valence-corrected chi connectivity index (χ4v) is 3.80. The normalized spacial score (nSPS) is 13.5. The number of halogens is 1. The van der Waals surface area contributed by atoms with E-state index in [0.29, 0.717) is 23.2 Å². The maximum atomic E-state index is 7.97. The van der Waals surface area contributed by atoms with Crippen molar-refractivity contribution in [2.24, 2.45) is 0 Å². The molecule has 0 bridgehead atoms. The number of benzene rings is 1. The number of anilines is 3. The van der Waals surface area contributed by atoms with E-state index in [0.717, 1.165) is 62.1 Å². The van der Waals surface area contributed by atoms with E-state index in [1.54, 1.807) is 0 Å². The molecule has 164 valence electrons. The topological polar surface area (TPSA) is 76.9 Å². The van der Waals surface area contributed by atoms with E-state index in [-0.39, 0.29) is 5.28 Å². The quantitative estimate of drug-likeness (QED) is 0.178. The van der Waals surface area contributed by atoms with E-state index >= 15 is 0 Å². The smallest absolute Gasteiger partial charge is 0.226 e. The van der Waals surface area contributed by atoms with Crippen molar-refractivity contribution in [3.05, 3.63) is 59.9 Å². The first-order valence-electron chi connectivity index (χ1n) is 10.8. The second-order valence-corrected chi connectivity index (χ2v) is 8.11. The van der Waals surface area contributed by atoms with Crippen LogP contribution in [0, 0.1) is 5.41 Å². The lowest BCUT2D eigenvalue weighted by Gasteiger charge is -2.41. The summed E-state index contributed by atoms with van der Waals surface area (Å²) >= 11 is 6.24. The van der Waals surface area contributed by atoms with E-state index in [2.05, 4.69) is 51.6 Å². The number of hydrogen-bond acceptors (Lipinski definition) is 6. The van der Waals surface area contributed by atoms with Crippen molar-refractivity contribution in [2.75, 3.05) is 29.9 Å². The Kier molecular flexibility index (Phi) is 8.20. The predicted octanol–water partition coefficient (Wildman–Crippen LogP) is 5.43. The van der Waals surface area contributed by atoms with Crippen molar-refractivity contribution in [1.82, 2.24) is 15.3 Å². The van der Waals surface area contributed by atoms with Crippen molar-refractivity contribution in [1.29, 1.82) is 5.41 Å². The number of rotatable bonds is 12. The minimum absolute atomic E-state index is 0.164. The highest BCUT2D eigenvalue weighted by Gasteiger charge is 2.30. The first-order valence-corrected chi connectivity index (χ1v) is 11.2. The molecule has 1 saturated heterocycles. The zero-order valence-electron chi connectivity index (χ0n) is 18.1. The number of nitrogens with one attached hydrogen (secondary N) is 3. The van der Waals surface area contributed by atoms with Crippen molar-refractivity contribution in [2.45, 2.75) is 38.6 Å². The lowest BCUT2D eigenvalue weighted by molar-refractivity contribution is 0.415. The maximum absolute atomic E-state index is 7.97. The fraction of sp³-hybridized carbons (Fsp3) is 0.375. The molecule has 2 aromatic rings. The largest absolute Gasteiger partial charge is 0.353 e. The van der Waals surface area contributed by atoms with Crippen LogP contribution in [0.25, 0.3) is 5.57 Å².